The Morgan fingerprint density at radius 1 is 0.634 bits per heavy atom. The molecular weight excluding hydrogens is 500 g/mol. The van der Waals surface area contributed by atoms with Crippen LogP contribution in [0.1, 0.15) is 120 Å². The summed E-state index contributed by atoms with van der Waals surface area (Å²) in [5.41, 5.74) is 0.647. The Bertz CT molecular complexity index is 930. The van der Waals surface area contributed by atoms with Crippen molar-refractivity contribution in [2.75, 3.05) is 0 Å². The fourth-order valence-corrected chi connectivity index (χ4v) is 4.55. The standard InChI is InChI=1S/C39H56O2/c1-3-5-6-7-8-9-10-11-12-13-14-15-16-17-18-19-20-21-22-23-24-25-26-27-28-29-33-36-38(4-2)41-39(40)37-34-31-30-32-35-37/h3,5-16,30-32,34-35,38H,1,4,17-29,33,36H2,2H3. The lowest BCUT2D eigenvalue weighted by atomic mass is 10.0. The Labute approximate surface area is 252 Å². The zero-order chi connectivity index (χ0) is 29.5. The Morgan fingerprint density at radius 3 is 1.56 bits per heavy atom. The van der Waals surface area contributed by atoms with E-state index in [1.807, 2.05) is 78.9 Å². The van der Waals surface area contributed by atoms with E-state index in [1.165, 1.54) is 83.5 Å². The molecule has 0 saturated carbocycles. The molecule has 0 radical (unpaired) electrons. The van der Waals surface area contributed by atoms with Gasteiger partial charge in [-0.05, 0) is 44.2 Å². The number of hydrogen-bond acceptors (Lipinski definition) is 2. The number of benzene rings is 1. The van der Waals surface area contributed by atoms with E-state index < -0.39 is 0 Å². The van der Waals surface area contributed by atoms with E-state index in [4.69, 9.17) is 4.74 Å². The first-order chi connectivity index (χ1) is 20.3. The van der Waals surface area contributed by atoms with E-state index in [0.29, 0.717) is 5.56 Å². The predicted molar refractivity (Wildman–Crippen MR) is 180 cm³/mol. The molecule has 0 fully saturated rings. The van der Waals surface area contributed by atoms with Crippen molar-refractivity contribution >= 4 is 5.97 Å². The summed E-state index contributed by atoms with van der Waals surface area (Å²) in [6.07, 6.45) is 46.7. The molecule has 1 atom stereocenters. The molecule has 0 saturated heterocycles. The van der Waals surface area contributed by atoms with Crippen LogP contribution in [0.5, 0.6) is 0 Å². The van der Waals surface area contributed by atoms with Crippen LogP contribution in [-0.2, 0) is 4.74 Å². The van der Waals surface area contributed by atoms with Gasteiger partial charge in [-0.2, -0.15) is 0 Å². The molecule has 0 amide bonds. The van der Waals surface area contributed by atoms with Crippen LogP contribution < -0.4 is 0 Å². The van der Waals surface area contributed by atoms with E-state index in [-0.39, 0.29) is 12.1 Å². The van der Waals surface area contributed by atoms with Gasteiger partial charge in [0.25, 0.3) is 0 Å². The second kappa shape index (κ2) is 28.4. The van der Waals surface area contributed by atoms with Crippen molar-refractivity contribution in [1.82, 2.24) is 0 Å². The number of ether oxygens (including phenoxy) is 1. The minimum Gasteiger partial charge on any atom is -0.459 e. The Morgan fingerprint density at radius 2 is 1.07 bits per heavy atom. The van der Waals surface area contributed by atoms with Gasteiger partial charge in [-0.3, -0.25) is 0 Å². The molecule has 0 aromatic heterocycles. The number of carbonyl (C=O) groups excluding carboxylic acids is 1. The van der Waals surface area contributed by atoms with Gasteiger partial charge in [0.05, 0.1) is 5.56 Å². The van der Waals surface area contributed by atoms with E-state index in [0.717, 1.165) is 19.3 Å². The molecule has 0 aliphatic rings. The van der Waals surface area contributed by atoms with Gasteiger partial charge in [-0.1, -0.05) is 181 Å². The molecule has 2 nitrogen and oxygen atoms in total. The zero-order valence-electron chi connectivity index (χ0n) is 25.8. The molecule has 0 heterocycles. The van der Waals surface area contributed by atoms with Crippen molar-refractivity contribution in [1.29, 1.82) is 0 Å². The molecule has 224 valence electrons. The van der Waals surface area contributed by atoms with Crippen LogP contribution in [0.25, 0.3) is 0 Å². The summed E-state index contributed by atoms with van der Waals surface area (Å²) in [6.45, 7) is 5.74. The number of esters is 1. The minimum atomic E-state index is -0.190. The van der Waals surface area contributed by atoms with E-state index in [2.05, 4.69) is 37.8 Å². The van der Waals surface area contributed by atoms with Gasteiger partial charge >= 0.3 is 5.97 Å². The fourth-order valence-electron chi connectivity index (χ4n) is 4.55. The first-order valence-electron chi connectivity index (χ1n) is 16.1. The van der Waals surface area contributed by atoms with Gasteiger partial charge in [0, 0.05) is 0 Å². The largest absolute Gasteiger partial charge is 0.459 e. The normalized spacial score (nSPS) is 13.1. The second-order valence-electron chi connectivity index (χ2n) is 10.6. The summed E-state index contributed by atoms with van der Waals surface area (Å²) >= 11 is 0. The predicted octanol–water partition coefficient (Wildman–Crippen LogP) is 12.0. The molecule has 1 rings (SSSR count). The summed E-state index contributed by atoms with van der Waals surface area (Å²) in [4.78, 5) is 12.2. The lowest BCUT2D eigenvalue weighted by molar-refractivity contribution is 0.0267. The van der Waals surface area contributed by atoms with Gasteiger partial charge < -0.3 is 4.74 Å². The van der Waals surface area contributed by atoms with Crippen LogP contribution in [0.2, 0.25) is 0 Å². The van der Waals surface area contributed by atoms with Crippen LogP contribution in [0.4, 0.5) is 0 Å². The summed E-state index contributed by atoms with van der Waals surface area (Å²) in [5, 5.41) is 0. The number of rotatable bonds is 25. The fraction of sp³-hybridized carbons (Fsp3) is 0.462. The van der Waals surface area contributed by atoms with Crippen molar-refractivity contribution in [3.8, 4) is 0 Å². The quantitative estimate of drug-likeness (QED) is 0.0680. The molecule has 0 spiro atoms. The number of allylic oxidation sites excluding steroid dienone is 13. The van der Waals surface area contributed by atoms with Crippen molar-refractivity contribution in [2.45, 2.75) is 116 Å². The Hall–Kier alpha value is -3.13. The highest BCUT2D eigenvalue weighted by Gasteiger charge is 2.13. The van der Waals surface area contributed by atoms with Crippen molar-refractivity contribution in [2.24, 2.45) is 0 Å². The molecule has 1 aromatic carbocycles. The first kappa shape index (κ1) is 35.9. The molecular formula is C39H56O2. The molecule has 0 bridgehead atoms. The third kappa shape index (κ3) is 23.3. The van der Waals surface area contributed by atoms with Gasteiger partial charge in [-0.25, -0.2) is 4.79 Å². The van der Waals surface area contributed by atoms with Crippen LogP contribution in [0.3, 0.4) is 0 Å². The maximum atomic E-state index is 12.2. The van der Waals surface area contributed by atoms with Crippen LogP contribution in [0, 0.1) is 0 Å². The van der Waals surface area contributed by atoms with Crippen molar-refractivity contribution < 1.29 is 9.53 Å². The van der Waals surface area contributed by atoms with E-state index in [9.17, 15) is 4.79 Å². The first-order valence-corrected chi connectivity index (χ1v) is 16.1. The lowest BCUT2D eigenvalue weighted by Gasteiger charge is -2.16. The third-order valence-corrected chi connectivity index (χ3v) is 7.02. The van der Waals surface area contributed by atoms with Crippen LogP contribution >= 0.6 is 0 Å². The van der Waals surface area contributed by atoms with Gasteiger partial charge in [0.1, 0.15) is 6.10 Å². The smallest absolute Gasteiger partial charge is 0.338 e. The van der Waals surface area contributed by atoms with Crippen molar-refractivity contribution in [3.05, 3.63) is 121 Å². The van der Waals surface area contributed by atoms with Crippen LogP contribution in [0.15, 0.2) is 116 Å². The molecule has 0 aliphatic carbocycles. The highest BCUT2D eigenvalue weighted by molar-refractivity contribution is 5.89. The maximum Gasteiger partial charge on any atom is 0.338 e. The summed E-state index contributed by atoms with van der Waals surface area (Å²) in [7, 11) is 0. The molecule has 2 heteroatoms. The highest BCUT2D eigenvalue weighted by Crippen LogP contribution is 2.16. The summed E-state index contributed by atoms with van der Waals surface area (Å²) < 4.78 is 5.69. The molecule has 1 aromatic rings. The van der Waals surface area contributed by atoms with Crippen molar-refractivity contribution in [3.63, 3.8) is 0 Å². The zero-order valence-corrected chi connectivity index (χ0v) is 25.8. The minimum absolute atomic E-state index is 0.0429. The van der Waals surface area contributed by atoms with Gasteiger partial charge in [0.15, 0.2) is 0 Å². The topological polar surface area (TPSA) is 26.3 Å². The number of unbranched alkanes of at least 4 members (excludes halogenated alkanes) is 13. The number of carbonyl (C=O) groups is 1. The SMILES string of the molecule is C=CC=CC=CC=CC=CC=CC=CCCCCCCCCCCCCCCCC(CC)OC(=O)c1ccccc1. The summed E-state index contributed by atoms with van der Waals surface area (Å²) in [5.74, 6) is -0.190. The lowest BCUT2D eigenvalue weighted by Crippen LogP contribution is -2.17. The average Bonchev–Trinajstić information content (AvgIpc) is 3.00. The third-order valence-electron chi connectivity index (χ3n) is 7.02. The average molecular weight is 557 g/mol. The highest BCUT2D eigenvalue weighted by atomic mass is 16.5. The molecule has 41 heavy (non-hydrogen) atoms. The number of hydrogen-bond donors (Lipinski definition) is 0. The molecule has 0 aliphatic heterocycles. The van der Waals surface area contributed by atoms with Gasteiger partial charge in [0.2, 0.25) is 0 Å². The van der Waals surface area contributed by atoms with E-state index >= 15 is 0 Å². The second-order valence-corrected chi connectivity index (χ2v) is 10.6. The maximum absolute atomic E-state index is 12.2. The van der Waals surface area contributed by atoms with E-state index in [1.54, 1.807) is 6.08 Å². The molecule has 0 N–H and O–H groups in total. The Kier molecular flexibility index (Phi) is 24.9. The summed E-state index contributed by atoms with van der Waals surface area (Å²) in [6, 6.07) is 9.32. The molecule has 1 unspecified atom stereocenters. The van der Waals surface area contributed by atoms with Gasteiger partial charge in [-0.15, -0.1) is 0 Å². The van der Waals surface area contributed by atoms with Crippen LogP contribution in [-0.4, -0.2) is 12.1 Å². The Balaban J connectivity index is 1.86. The monoisotopic (exact) mass is 556 g/mol.